The van der Waals surface area contributed by atoms with Crippen LogP contribution in [0.25, 0.3) is 0 Å². The van der Waals surface area contributed by atoms with Gasteiger partial charge in [-0.25, -0.2) is 8.42 Å². The minimum Gasteiger partial charge on any atom is -0.283 e. The van der Waals surface area contributed by atoms with Gasteiger partial charge < -0.3 is 0 Å². The molecule has 0 N–H and O–H groups in total. The summed E-state index contributed by atoms with van der Waals surface area (Å²) in [6.45, 7) is 9.77. The third kappa shape index (κ3) is 3.67. The Morgan fingerprint density at radius 2 is 1.72 bits per heavy atom. The smallest absolute Gasteiger partial charge is 0.214 e. The number of hydrogen-bond acceptors (Lipinski definition) is 4. The van der Waals surface area contributed by atoms with E-state index in [1.807, 2.05) is 32.6 Å². The first kappa shape index (κ1) is 15.4. The molecule has 1 aliphatic rings. The fourth-order valence-electron chi connectivity index (χ4n) is 2.12. The Kier molecular flexibility index (Phi) is 4.76. The molecule has 0 saturated carbocycles. The molecule has 104 valence electrons. The molecule has 0 aromatic heterocycles. The Hall–Kier alpha value is -0.640. The average molecular weight is 273 g/mol. The van der Waals surface area contributed by atoms with E-state index in [1.165, 1.54) is 0 Å². The predicted octanol–water partition coefficient (Wildman–Crippen LogP) is 0.892. The molecule has 5 nitrogen and oxygen atoms in total. The van der Waals surface area contributed by atoms with E-state index in [-0.39, 0.29) is 11.7 Å². The third-order valence-corrected chi connectivity index (χ3v) is 5.48. The van der Waals surface area contributed by atoms with Crippen molar-refractivity contribution in [3.8, 4) is 6.07 Å². The quantitative estimate of drug-likeness (QED) is 0.763. The van der Waals surface area contributed by atoms with Gasteiger partial charge in [0.25, 0.3) is 0 Å². The summed E-state index contributed by atoms with van der Waals surface area (Å²) in [6.07, 6.45) is 0. The Morgan fingerprint density at radius 3 is 2.11 bits per heavy atom. The van der Waals surface area contributed by atoms with Crippen LogP contribution in [0.15, 0.2) is 0 Å². The van der Waals surface area contributed by atoms with Gasteiger partial charge in [0.2, 0.25) is 10.0 Å². The number of rotatable bonds is 4. The third-order valence-electron chi connectivity index (χ3n) is 3.24. The van der Waals surface area contributed by atoms with Crippen LogP contribution in [0, 0.1) is 17.2 Å². The van der Waals surface area contributed by atoms with Crippen LogP contribution in [0.3, 0.4) is 0 Å². The highest BCUT2D eigenvalue weighted by molar-refractivity contribution is 7.89. The lowest BCUT2D eigenvalue weighted by Crippen LogP contribution is -2.55. The Labute approximate surface area is 110 Å². The van der Waals surface area contributed by atoms with Crippen LogP contribution < -0.4 is 0 Å². The minimum atomic E-state index is -3.13. The topological polar surface area (TPSA) is 64.4 Å². The van der Waals surface area contributed by atoms with Crippen LogP contribution in [-0.2, 0) is 10.0 Å². The second-order valence-electron chi connectivity index (χ2n) is 5.73. The summed E-state index contributed by atoms with van der Waals surface area (Å²) in [7, 11) is -3.13. The fraction of sp³-hybridized carbons (Fsp3) is 0.917. The van der Waals surface area contributed by atoms with Gasteiger partial charge in [-0.2, -0.15) is 9.57 Å². The zero-order valence-corrected chi connectivity index (χ0v) is 12.5. The van der Waals surface area contributed by atoms with Crippen molar-refractivity contribution in [1.29, 1.82) is 5.26 Å². The van der Waals surface area contributed by atoms with Gasteiger partial charge in [0.05, 0.1) is 11.8 Å². The number of sulfonamides is 1. The summed E-state index contributed by atoms with van der Waals surface area (Å²) in [5.74, 6) is 0.345. The zero-order chi connectivity index (χ0) is 14.0. The lowest BCUT2D eigenvalue weighted by molar-refractivity contribution is 0.115. The molecule has 1 rings (SSSR count). The van der Waals surface area contributed by atoms with Gasteiger partial charge >= 0.3 is 0 Å². The lowest BCUT2D eigenvalue weighted by Gasteiger charge is -2.40. The molecule has 1 heterocycles. The van der Waals surface area contributed by atoms with Crippen molar-refractivity contribution in [1.82, 2.24) is 9.21 Å². The fourth-order valence-corrected chi connectivity index (χ4v) is 3.90. The molecule has 18 heavy (non-hydrogen) atoms. The van der Waals surface area contributed by atoms with Gasteiger partial charge in [-0.15, -0.1) is 0 Å². The maximum absolute atomic E-state index is 12.1. The first-order valence-corrected chi connectivity index (χ1v) is 7.94. The summed E-state index contributed by atoms with van der Waals surface area (Å²) in [4.78, 5) is 2.04. The van der Waals surface area contributed by atoms with Gasteiger partial charge in [-0.05, 0) is 19.8 Å². The SMILES string of the molecule is CC(C)CS(=O)(=O)N1CCN(C(C)(C)C#N)CC1. The van der Waals surface area contributed by atoms with E-state index in [9.17, 15) is 8.42 Å². The predicted molar refractivity (Wildman–Crippen MR) is 71.5 cm³/mol. The Balaban J connectivity index is 2.63. The van der Waals surface area contributed by atoms with Gasteiger partial charge in [0.15, 0.2) is 0 Å². The lowest BCUT2D eigenvalue weighted by atomic mass is 10.0. The molecular formula is C12H23N3O2S. The van der Waals surface area contributed by atoms with E-state index in [4.69, 9.17) is 5.26 Å². The second kappa shape index (κ2) is 5.55. The summed E-state index contributed by atoms with van der Waals surface area (Å²) in [5, 5.41) is 9.07. The van der Waals surface area contributed by atoms with Crippen LogP contribution in [0.5, 0.6) is 0 Å². The maximum atomic E-state index is 12.1. The summed E-state index contributed by atoms with van der Waals surface area (Å²) in [5.41, 5.74) is -0.520. The average Bonchev–Trinajstić information content (AvgIpc) is 2.27. The van der Waals surface area contributed by atoms with Crippen molar-refractivity contribution in [3.05, 3.63) is 0 Å². The molecule has 0 aromatic rings. The largest absolute Gasteiger partial charge is 0.283 e. The van der Waals surface area contributed by atoms with Gasteiger partial charge in [0.1, 0.15) is 5.54 Å². The number of nitriles is 1. The molecule has 0 atom stereocenters. The molecule has 1 saturated heterocycles. The van der Waals surface area contributed by atoms with Crippen molar-refractivity contribution in [2.75, 3.05) is 31.9 Å². The van der Waals surface area contributed by atoms with Crippen LogP contribution in [0.4, 0.5) is 0 Å². The first-order valence-electron chi connectivity index (χ1n) is 6.33. The first-order chi connectivity index (χ1) is 8.19. The molecule has 0 amide bonds. The van der Waals surface area contributed by atoms with Gasteiger partial charge in [-0.1, -0.05) is 13.8 Å². The van der Waals surface area contributed by atoms with E-state index in [2.05, 4.69) is 6.07 Å². The van der Waals surface area contributed by atoms with Crippen LogP contribution in [0.1, 0.15) is 27.7 Å². The molecule has 1 aliphatic heterocycles. The monoisotopic (exact) mass is 273 g/mol. The maximum Gasteiger partial charge on any atom is 0.214 e. The van der Waals surface area contributed by atoms with E-state index in [0.717, 1.165) is 0 Å². The standard InChI is InChI=1S/C12H23N3O2S/c1-11(2)9-18(16,17)15-7-5-14(6-8-15)12(3,4)10-13/h11H,5-9H2,1-4H3. The Bertz CT molecular complexity index is 415. The molecule has 6 heteroatoms. The highest BCUT2D eigenvalue weighted by Crippen LogP contribution is 2.18. The summed E-state index contributed by atoms with van der Waals surface area (Å²) >= 11 is 0. The zero-order valence-electron chi connectivity index (χ0n) is 11.7. The van der Waals surface area contributed by atoms with Gasteiger partial charge in [0, 0.05) is 26.2 Å². The minimum absolute atomic E-state index is 0.142. The van der Waals surface area contributed by atoms with Crippen LogP contribution >= 0.6 is 0 Å². The molecule has 0 spiro atoms. The molecule has 0 bridgehead atoms. The molecule has 1 fully saturated rings. The summed E-state index contributed by atoms with van der Waals surface area (Å²) < 4.78 is 25.7. The summed E-state index contributed by atoms with van der Waals surface area (Å²) in [6, 6.07) is 2.25. The highest BCUT2D eigenvalue weighted by atomic mass is 32.2. The second-order valence-corrected chi connectivity index (χ2v) is 7.74. The molecule has 0 radical (unpaired) electrons. The van der Waals surface area contributed by atoms with E-state index in [1.54, 1.807) is 4.31 Å². The van der Waals surface area contributed by atoms with Crippen molar-refractivity contribution < 1.29 is 8.42 Å². The molecular weight excluding hydrogens is 250 g/mol. The highest BCUT2D eigenvalue weighted by Gasteiger charge is 2.33. The van der Waals surface area contributed by atoms with Gasteiger partial charge in [-0.3, -0.25) is 4.90 Å². The number of piperazine rings is 1. The van der Waals surface area contributed by atoms with E-state index >= 15 is 0 Å². The Morgan fingerprint density at radius 1 is 1.22 bits per heavy atom. The van der Waals surface area contributed by atoms with Crippen LogP contribution in [0.2, 0.25) is 0 Å². The molecule has 0 unspecified atom stereocenters. The number of nitrogens with zero attached hydrogens (tertiary/aromatic N) is 3. The van der Waals surface area contributed by atoms with E-state index in [0.29, 0.717) is 26.2 Å². The molecule has 0 aromatic carbocycles. The number of hydrogen-bond donors (Lipinski definition) is 0. The normalized spacial score (nSPS) is 20.0. The van der Waals surface area contributed by atoms with Crippen molar-refractivity contribution >= 4 is 10.0 Å². The van der Waals surface area contributed by atoms with E-state index < -0.39 is 15.6 Å². The van der Waals surface area contributed by atoms with Crippen molar-refractivity contribution in [2.45, 2.75) is 33.2 Å². The van der Waals surface area contributed by atoms with Crippen molar-refractivity contribution in [3.63, 3.8) is 0 Å². The molecule has 0 aliphatic carbocycles. The van der Waals surface area contributed by atoms with Crippen molar-refractivity contribution in [2.24, 2.45) is 5.92 Å². The van der Waals surface area contributed by atoms with Crippen LogP contribution in [-0.4, -0.2) is 55.1 Å².